The average molecular weight is 404 g/mol. The van der Waals surface area contributed by atoms with Crippen molar-refractivity contribution in [3.8, 4) is 0 Å². The Morgan fingerprint density at radius 1 is 1.21 bits per heavy atom. The second-order valence-electron chi connectivity index (χ2n) is 6.43. The third-order valence-corrected chi connectivity index (χ3v) is 5.88. The molecule has 2 aromatic rings. The molecule has 0 radical (unpaired) electrons. The number of nitrogens with one attached hydrogen (secondary N) is 1. The maximum Gasteiger partial charge on any atom is 0.308 e. The summed E-state index contributed by atoms with van der Waals surface area (Å²) in [4.78, 5) is 24.5. The van der Waals surface area contributed by atoms with E-state index in [-0.39, 0.29) is 30.4 Å². The molecule has 9 heteroatoms. The van der Waals surface area contributed by atoms with Gasteiger partial charge in [-0.2, -0.15) is 0 Å². The van der Waals surface area contributed by atoms with Crippen LogP contribution in [0.25, 0.3) is 0 Å². The topological polar surface area (TPSA) is 113 Å². The zero-order chi connectivity index (χ0) is 20.3. The predicted molar refractivity (Wildman–Crippen MR) is 103 cm³/mol. The zero-order valence-corrected chi connectivity index (χ0v) is 16.0. The monoisotopic (exact) mass is 404 g/mol. The fourth-order valence-electron chi connectivity index (χ4n) is 3.03. The van der Waals surface area contributed by atoms with Gasteiger partial charge in [-0.05, 0) is 30.3 Å². The Hall–Kier alpha value is -2.91. The van der Waals surface area contributed by atoms with Crippen LogP contribution in [-0.2, 0) is 31.0 Å². The van der Waals surface area contributed by atoms with Crippen molar-refractivity contribution in [3.05, 3.63) is 54.1 Å². The van der Waals surface area contributed by atoms with Crippen LogP contribution in [0.4, 0.5) is 11.4 Å². The van der Waals surface area contributed by atoms with Crippen LogP contribution < -0.4 is 9.62 Å². The lowest BCUT2D eigenvalue weighted by molar-refractivity contribution is -0.141. The van der Waals surface area contributed by atoms with Gasteiger partial charge >= 0.3 is 5.97 Å². The Morgan fingerprint density at radius 2 is 1.89 bits per heavy atom. The van der Waals surface area contributed by atoms with Crippen LogP contribution in [-0.4, -0.2) is 39.1 Å². The minimum absolute atomic E-state index is 0.0323. The number of methoxy groups -OCH3 is 1. The van der Waals surface area contributed by atoms with Gasteiger partial charge in [-0.3, -0.25) is 14.3 Å². The van der Waals surface area contributed by atoms with E-state index in [2.05, 4.69) is 4.72 Å². The maximum atomic E-state index is 12.7. The van der Waals surface area contributed by atoms with Crippen molar-refractivity contribution in [2.75, 3.05) is 23.3 Å². The molecule has 2 N–H and O–H groups in total. The molecule has 1 fully saturated rings. The number of ether oxygens (including phenoxy) is 1. The second-order valence-corrected chi connectivity index (χ2v) is 8.12. The number of carboxylic acid groups (broad SMARTS) is 1. The normalized spacial score (nSPS) is 17.0. The van der Waals surface area contributed by atoms with Crippen molar-refractivity contribution < 1.29 is 27.9 Å². The van der Waals surface area contributed by atoms with Crippen LogP contribution in [0.5, 0.6) is 0 Å². The van der Waals surface area contributed by atoms with Crippen LogP contribution in [0.2, 0.25) is 0 Å². The van der Waals surface area contributed by atoms with Gasteiger partial charge in [0, 0.05) is 31.3 Å². The third kappa shape index (κ3) is 4.15. The molecule has 1 unspecified atom stereocenters. The number of benzene rings is 2. The van der Waals surface area contributed by atoms with E-state index in [1.165, 1.54) is 36.3 Å². The van der Waals surface area contributed by atoms with Crippen LogP contribution >= 0.6 is 0 Å². The van der Waals surface area contributed by atoms with Crippen molar-refractivity contribution in [1.82, 2.24) is 0 Å². The number of anilines is 2. The smallest absolute Gasteiger partial charge is 0.308 e. The average Bonchev–Trinajstić information content (AvgIpc) is 3.05. The number of carbonyl (C=O) groups excluding carboxylic acids is 1. The Bertz CT molecular complexity index is 988. The highest BCUT2D eigenvalue weighted by Gasteiger charge is 2.35. The van der Waals surface area contributed by atoms with Gasteiger partial charge in [0.2, 0.25) is 5.91 Å². The van der Waals surface area contributed by atoms with E-state index in [0.717, 1.165) is 0 Å². The number of para-hydroxylation sites is 1. The Balaban J connectivity index is 1.79. The number of amides is 1. The maximum absolute atomic E-state index is 12.7. The number of sulfonamides is 1. The van der Waals surface area contributed by atoms with Gasteiger partial charge in [0.05, 0.1) is 23.1 Å². The summed E-state index contributed by atoms with van der Waals surface area (Å²) in [5.41, 5.74) is 1.59. The number of hydrogen-bond donors (Lipinski definition) is 2. The van der Waals surface area contributed by atoms with E-state index in [1.54, 1.807) is 24.3 Å². The van der Waals surface area contributed by atoms with E-state index in [0.29, 0.717) is 16.9 Å². The summed E-state index contributed by atoms with van der Waals surface area (Å²) in [6, 6.07) is 12.7. The summed E-state index contributed by atoms with van der Waals surface area (Å²) in [5, 5.41) is 9.07. The SMILES string of the molecule is COCc1ccccc1NS(=O)(=O)c1ccc(N2CC(C(=O)O)CC2=O)cc1. The molecule has 1 aliphatic rings. The fraction of sp³-hybridized carbons (Fsp3) is 0.263. The van der Waals surface area contributed by atoms with Crippen molar-refractivity contribution in [3.63, 3.8) is 0 Å². The zero-order valence-electron chi connectivity index (χ0n) is 15.2. The van der Waals surface area contributed by atoms with Crippen LogP contribution in [0.1, 0.15) is 12.0 Å². The predicted octanol–water partition coefficient (Wildman–Crippen LogP) is 2.07. The van der Waals surface area contributed by atoms with Crippen molar-refractivity contribution >= 4 is 33.3 Å². The number of carboxylic acids is 1. The molecule has 1 saturated heterocycles. The second kappa shape index (κ2) is 7.99. The molecular weight excluding hydrogens is 384 g/mol. The van der Waals surface area contributed by atoms with Crippen molar-refractivity contribution in [2.24, 2.45) is 5.92 Å². The minimum atomic E-state index is -3.84. The van der Waals surface area contributed by atoms with Crippen molar-refractivity contribution in [2.45, 2.75) is 17.9 Å². The molecule has 0 aromatic heterocycles. The number of hydrogen-bond acceptors (Lipinski definition) is 5. The molecule has 0 saturated carbocycles. The van der Waals surface area contributed by atoms with Crippen LogP contribution in [0.15, 0.2) is 53.4 Å². The summed E-state index contributed by atoms with van der Waals surface area (Å²) >= 11 is 0. The summed E-state index contributed by atoms with van der Waals surface area (Å²) in [6.07, 6.45) is -0.0623. The minimum Gasteiger partial charge on any atom is -0.481 e. The molecule has 28 heavy (non-hydrogen) atoms. The van der Waals surface area contributed by atoms with Gasteiger partial charge in [0.15, 0.2) is 0 Å². The number of rotatable bonds is 7. The Kier molecular flexibility index (Phi) is 5.66. The first-order valence-electron chi connectivity index (χ1n) is 8.54. The molecule has 148 valence electrons. The van der Waals surface area contributed by atoms with Gasteiger partial charge < -0.3 is 14.7 Å². The third-order valence-electron chi connectivity index (χ3n) is 4.49. The lowest BCUT2D eigenvalue weighted by atomic mass is 10.1. The number of aliphatic carboxylic acids is 1. The van der Waals surface area contributed by atoms with E-state index in [1.807, 2.05) is 0 Å². The highest BCUT2D eigenvalue weighted by molar-refractivity contribution is 7.92. The molecule has 2 aromatic carbocycles. The van der Waals surface area contributed by atoms with E-state index < -0.39 is 21.9 Å². The van der Waals surface area contributed by atoms with Crippen molar-refractivity contribution in [1.29, 1.82) is 0 Å². The molecule has 1 atom stereocenters. The van der Waals surface area contributed by atoms with Gasteiger partial charge in [0.25, 0.3) is 10.0 Å². The van der Waals surface area contributed by atoms with Gasteiger partial charge in [0.1, 0.15) is 0 Å². The molecule has 1 heterocycles. The Morgan fingerprint density at radius 3 is 2.50 bits per heavy atom. The molecule has 1 aliphatic heterocycles. The molecule has 0 bridgehead atoms. The highest BCUT2D eigenvalue weighted by atomic mass is 32.2. The molecular formula is C19H20N2O6S. The standard InChI is InChI=1S/C19H20N2O6S/c1-27-12-13-4-2-3-5-17(13)20-28(25,26)16-8-6-15(7-9-16)21-11-14(19(23)24)10-18(21)22/h2-9,14,20H,10-12H2,1H3,(H,23,24). The molecule has 0 aliphatic carbocycles. The molecule has 1 amide bonds. The summed E-state index contributed by atoms with van der Waals surface area (Å²) < 4.78 is 33.0. The van der Waals surface area contributed by atoms with Gasteiger partial charge in [-0.15, -0.1) is 0 Å². The van der Waals surface area contributed by atoms with E-state index in [9.17, 15) is 18.0 Å². The van der Waals surface area contributed by atoms with E-state index >= 15 is 0 Å². The fourth-order valence-corrected chi connectivity index (χ4v) is 4.13. The molecule has 8 nitrogen and oxygen atoms in total. The summed E-state index contributed by atoms with van der Waals surface area (Å²) in [7, 11) is -2.31. The van der Waals surface area contributed by atoms with Gasteiger partial charge in [-0.25, -0.2) is 8.42 Å². The van der Waals surface area contributed by atoms with E-state index in [4.69, 9.17) is 9.84 Å². The largest absolute Gasteiger partial charge is 0.481 e. The van der Waals surface area contributed by atoms with Gasteiger partial charge in [-0.1, -0.05) is 18.2 Å². The lowest BCUT2D eigenvalue weighted by Gasteiger charge is -2.17. The molecule has 3 rings (SSSR count). The summed E-state index contributed by atoms with van der Waals surface area (Å²) in [6.45, 7) is 0.336. The van der Waals surface area contributed by atoms with Crippen LogP contribution in [0, 0.1) is 5.92 Å². The number of carbonyl (C=O) groups is 2. The number of nitrogens with zero attached hydrogens (tertiary/aromatic N) is 1. The first-order chi connectivity index (χ1) is 13.3. The first kappa shape index (κ1) is 19.8. The Labute approximate surface area is 162 Å². The highest BCUT2D eigenvalue weighted by Crippen LogP contribution is 2.27. The lowest BCUT2D eigenvalue weighted by Crippen LogP contribution is -2.25. The molecule has 0 spiro atoms. The van der Waals surface area contributed by atoms with Crippen LogP contribution in [0.3, 0.4) is 0 Å². The quantitative estimate of drug-likeness (QED) is 0.730. The summed E-state index contributed by atoms with van der Waals surface area (Å²) in [5.74, 6) is -2.07. The first-order valence-corrected chi connectivity index (χ1v) is 10.0.